The van der Waals surface area contributed by atoms with E-state index in [1.165, 1.54) is 0 Å². The lowest BCUT2D eigenvalue weighted by molar-refractivity contribution is -0.122. The van der Waals surface area contributed by atoms with Gasteiger partial charge in [0.15, 0.2) is 0 Å². The number of nitrogens with zero attached hydrogens (tertiary/aromatic N) is 2. The standard InChI is InChI=1S/C20H33N3O3S/c1-15(2)6-7-21-19(24)14-22-8-10-23(11-9-22)27(25,26)20-17(4)12-16(3)13-18(20)5/h12-13,15H,6-11,14H2,1-5H3,(H,21,24). The number of amides is 1. The van der Waals surface area contributed by atoms with Crippen LogP contribution >= 0.6 is 0 Å². The van der Waals surface area contributed by atoms with Crippen molar-refractivity contribution in [3.05, 3.63) is 28.8 Å². The summed E-state index contributed by atoms with van der Waals surface area (Å²) in [7, 11) is -3.51. The van der Waals surface area contributed by atoms with Crippen molar-refractivity contribution in [1.82, 2.24) is 14.5 Å². The van der Waals surface area contributed by atoms with E-state index in [2.05, 4.69) is 19.2 Å². The Morgan fingerprint density at radius 3 is 2.15 bits per heavy atom. The highest BCUT2D eigenvalue weighted by molar-refractivity contribution is 7.89. The number of carbonyl (C=O) groups excluding carboxylic acids is 1. The third-order valence-electron chi connectivity index (χ3n) is 4.94. The Hall–Kier alpha value is -1.44. The van der Waals surface area contributed by atoms with Gasteiger partial charge in [0.2, 0.25) is 15.9 Å². The molecule has 1 heterocycles. The number of piperazine rings is 1. The van der Waals surface area contributed by atoms with Gasteiger partial charge in [-0.3, -0.25) is 9.69 Å². The van der Waals surface area contributed by atoms with Crippen LogP contribution in [0.4, 0.5) is 0 Å². The molecular formula is C20H33N3O3S. The highest BCUT2D eigenvalue weighted by Gasteiger charge is 2.31. The Labute approximate surface area is 164 Å². The molecule has 1 saturated heterocycles. The number of hydrogen-bond acceptors (Lipinski definition) is 4. The van der Waals surface area contributed by atoms with Gasteiger partial charge >= 0.3 is 0 Å². The molecule has 0 unspecified atom stereocenters. The van der Waals surface area contributed by atoms with Gasteiger partial charge in [-0.05, 0) is 44.2 Å². The molecule has 0 radical (unpaired) electrons. The van der Waals surface area contributed by atoms with E-state index in [1.54, 1.807) is 4.31 Å². The summed E-state index contributed by atoms with van der Waals surface area (Å²) in [6.45, 7) is 12.9. The maximum absolute atomic E-state index is 13.1. The van der Waals surface area contributed by atoms with Crippen LogP contribution in [0.5, 0.6) is 0 Å². The Balaban J connectivity index is 1.94. The molecule has 1 amide bonds. The summed E-state index contributed by atoms with van der Waals surface area (Å²) < 4.78 is 27.8. The minimum absolute atomic E-state index is 0.0113. The molecule has 1 N–H and O–H groups in total. The molecule has 1 aromatic carbocycles. The average Bonchev–Trinajstić information content (AvgIpc) is 2.53. The average molecular weight is 396 g/mol. The molecule has 1 aliphatic heterocycles. The van der Waals surface area contributed by atoms with Gasteiger partial charge in [0.1, 0.15) is 0 Å². The van der Waals surface area contributed by atoms with Crippen LogP contribution in [0.1, 0.15) is 37.0 Å². The van der Waals surface area contributed by atoms with E-state index in [0.717, 1.165) is 23.1 Å². The topological polar surface area (TPSA) is 69.7 Å². The van der Waals surface area contributed by atoms with Gasteiger partial charge in [-0.2, -0.15) is 4.31 Å². The van der Waals surface area contributed by atoms with Crippen LogP contribution in [0, 0.1) is 26.7 Å². The lowest BCUT2D eigenvalue weighted by Crippen LogP contribution is -2.51. The number of rotatable bonds is 7. The fraction of sp³-hybridized carbons (Fsp3) is 0.650. The first-order chi connectivity index (χ1) is 12.6. The monoisotopic (exact) mass is 395 g/mol. The van der Waals surface area contributed by atoms with Crippen LogP contribution < -0.4 is 5.32 Å². The first-order valence-electron chi connectivity index (χ1n) is 9.68. The lowest BCUT2D eigenvalue weighted by Gasteiger charge is -2.34. The highest BCUT2D eigenvalue weighted by Crippen LogP contribution is 2.26. The molecule has 0 aromatic heterocycles. The first-order valence-corrected chi connectivity index (χ1v) is 11.1. The summed E-state index contributed by atoms with van der Waals surface area (Å²) >= 11 is 0. The second-order valence-electron chi connectivity index (χ2n) is 7.94. The van der Waals surface area contributed by atoms with Crippen molar-refractivity contribution < 1.29 is 13.2 Å². The Bertz CT molecular complexity index is 744. The van der Waals surface area contributed by atoms with E-state index in [1.807, 2.05) is 37.8 Å². The maximum atomic E-state index is 13.1. The van der Waals surface area contributed by atoms with Gasteiger partial charge in [-0.15, -0.1) is 0 Å². The summed E-state index contributed by atoms with van der Waals surface area (Å²) in [4.78, 5) is 14.5. The summed E-state index contributed by atoms with van der Waals surface area (Å²) in [6.07, 6.45) is 0.965. The molecular weight excluding hydrogens is 362 g/mol. The molecule has 0 saturated carbocycles. The van der Waals surface area contributed by atoms with Crippen molar-refractivity contribution in [3.63, 3.8) is 0 Å². The molecule has 0 aliphatic carbocycles. The maximum Gasteiger partial charge on any atom is 0.243 e. The van der Waals surface area contributed by atoms with Crippen molar-refractivity contribution in [2.24, 2.45) is 5.92 Å². The van der Waals surface area contributed by atoms with Gasteiger partial charge in [0, 0.05) is 32.7 Å². The van der Waals surface area contributed by atoms with E-state index >= 15 is 0 Å². The SMILES string of the molecule is Cc1cc(C)c(S(=O)(=O)N2CCN(CC(=O)NCCC(C)C)CC2)c(C)c1. The van der Waals surface area contributed by atoms with Crippen LogP contribution in [0.3, 0.4) is 0 Å². The largest absolute Gasteiger partial charge is 0.355 e. The van der Waals surface area contributed by atoms with Crippen molar-refractivity contribution >= 4 is 15.9 Å². The fourth-order valence-electron chi connectivity index (χ4n) is 3.59. The molecule has 6 nitrogen and oxygen atoms in total. The highest BCUT2D eigenvalue weighted by atomic mass is 32.2. The molecule has 0 bridgehead atoms. The molecule has 0 atom stereocenters. The zero-order chi connectivity index (χ0) is 20.2. The van der Waals surface area contributed by atoms with Crippen molar-refractivity contribution in [2.75, 3.05) is 39.3 Å². The summed E-state index contributed by atoms with van der Waals surface area (Å²) in [5.74, 6) is 0.574. The minimum Gasteiger partial charge on any atom is -0.355 e. The Kier molecular flexibility index (Phi) is 7.42. The molecule has 1 fully saturated rings. The molecule has 2 rings (SSSR count). The summed E-state index contributed by atoms with van der Waals surface area (Å²) in [5, 5.41) is 2.94. The number of nitrogens with one attached hydrogen (secondary N) is 1. The molecule has 27 heavy (non-hydrogen) atoms. The van der Waals surface area contributed by atoms with E-state index in [-0.39, 0.29) is 5.91 Å². The molecule has 0 spiro atoms. The second-order valence-corrected chi connectivity index (χ2v) is 9.82. The van der Waals surface area contributed by atoms with Crippen LogP contribution in [-0.2, 0) is 14.8 Å². The normalized spacial score (nSPS) is 16.7. The molecule has 7 heteroatoms. The van der Waals surface area contributed by atoms with Gasteiger partial charge in [0.05, 0.1) is 11.4 Å². The van der Waals surface area contributed by atoms with Crippen molar-refractivity contribution in [2.45, 2.75) is 45.9 Å². The second kappa shape index (κ2) is 9.17. The van der Waals surface area contributed by atoms with Gasteiger partial charge in [0.25, 0.3) is 0 Å². The van der Waals surface area contributed by atoms with Gasteiger partial charge in [-0.25, -0.2) is 8.42 Å². The zero-order valence-corrected chi connectivity index (χ0v) is 18.0. The van der Waals surface area contributed by atoms with Crippen molar-refractivity contribution in [3.8, 4) is 0 Å². The quantitative estimate of drug-likeness (QED) is 0.767. The number of hydrogen-bond donors (Lipinski definition) is 1. The predicted octanol–water partition coefficient (Wildman–Crippen LogP) is 2.08. The number of carbonyl (C=O) groups is 1. The van der Waals surface area contributed by atoms with Gasteiger partial charge < -0.3 is 5.32 Å². The summed E-state index contributed by atoms with van der Waals surface area (Å²) in [5.41, 5.74) is 2.65. The lowest BCUT2D eigenvalue weighted by atomic mass is 10.1. The first kappa shape index (κ1) is 21.9. The van der Waals surface area contributed by atoms with Gasteiger partial charge in [-0.1, -0.05) is 31.5 Å². The minimum atomic E-state index is -3.51. The van der Waals surface area contributed by atoms with Crippen LogP contribution in [0.15, 0.2) is 17.0 Å². The zero-order valence-electron chi connectivity index (χ0n) is 17.2. The van der Waals surface area contributed by atoms with Crippen LogP contribution in [-0.4, -0.2) is 62.8 Å². The third kappa shape index (κ3) is 5.77. The smallest absolute Gasteiger partial charge is 0.243 e. The number of sulfonamides is 1. The predicted molar refractivity (Wildman–Crippen MR) is 108 cm³/mol. The Morgan fingerprint density at radius 1 is 1.07 bits per heavy atom. The van der Waals surface area contributed by atoms with Crippen molar-refractivity contribution in [1.29, 1.82) is 0 Å². The third-order valence-corrected chi connectivity index (χ3v) is 7.15. The summed E-state index contributed by atoms with van der Waals surface area (Å²) in [6, 6.07) is 3.83. The Morgan fingerprint density at radius 2 is 1.63 bits per heavy atom. The molecule has 1 aromatic rings. The van der Waals surface area contributed by atoms with Crippen LogP contribution in [0.25, 0.3) is 0 Å². The molecule has 1 aliphatic rings. The van der Waals surface area contributed by atoms with E-state index < -0.39 is 10.0 Å². The van der Waals surface area contributed by atoms with E-state index in [0.29, 0.717) is 50.1 Å². The number of aryl methyl sites for hydroxylation is 3. The molecule has 152 valence electrons. The van der Waals surface area contributed by atoms with E-state index in [4.69, 9.17) is 0 Å². The van der Waals surface area contributed by atoms with Crippen LogP contribution in [0.2, 0.25) is 0 Å². The number of benzene rings is 1. The fourth-order valence-corrected chi connectivity index (χ4v) is 5.42. The van der Waals surface area contributed by atoms with E-state index in [9.17, 15) is 13.2 Å².